The summed E-state index contributed by atoms with van der Waals surface area (Å²) in [6.07, 6.45) is 2.90. The molecule has 2 rings (SSSR count). The fourth-order valence-corrected chi connectivity index (χ4v) is 1.89. The molecule has 0 spiro atoms. The maximum absolute atomic E-state index is 9.11. The predicted molar refractivity (Wildman–Crippen MR) is 73.6 cm³/mol. The summed E-state index contributed by atoms with van der Waals surface area (Å²) in [4.78, 5) is 3.25. The molecule has 17 heavy (non-hydrogen) atoms. The van der Waals surface area contributed by atoms with Crippen molar-refractivity contribution in [3.8, 4) is 0 Å². The van der Waals surface area contributed by atoms with Gasteiger partial charge in [0, 0.05) is 24.3 Å². The van der Waals surface area contributed by atoms with Crippen LogP contribution < -0.4 is 5.32 Å². The summed E-state index contributed by atoms with van der Waals surface area (Å²) in [6.45, 7) is 3.05. The van der Waals surface area contributed by atoms with Crippen LogP contribution in [-0.2, 0) is 6.54 Å². The third-order valence-corrected chi connectivity index (χ3v) is 2.97. The summed E-state index contributed by atoms with van der Waals surface area (Å²) in [5, 5.41) is 13.7. The molecule has 1 heterocycles. The molecular formula is C13H19ClN2O. The van der Waals surface area contributed by atoms with Crippen LogP contribution in [0, 0.1) is 0 Å². The van der Waals surface area contributed by atoms with Gasteiger partial charge in [0.2, 0.25) is 0 Å². The monoisotopic (exact) mass is 254 g/mol. The summed E-state index contributed by atoms with van der Waals surface area (Å²) in [6, 6.07) is 8.52. The van der Waals surface area contributed by atoms with Crippen LogP contribution in [0.15, 0.2) is 30.5 Å². The molecular weight excluding hydrogens is 236 g/mol. The maximum atomic E-state index is 9.11. The number of hydrogen-bond acceptors (Lipinski definition) is 2. The van der Waals surface area contributed by atoms with Gasteiger partial charge < -0.3 is 15.4 Å². The van der Waals surface area contributed by atoms with Crippen LogP contribution in [0.1, 0.15) is 18.9 Å². The Hall–Kier alpha value is -1.03. The van der Waals surface area contributed by atoms with Gasteiger partial charge in [-0.15, -0.1) is 12.4 Å². The number of benzene rings is 1. The van der Waals surface area contributed by atoms with E-state index in [-0.39, 0.29) is 25.1 Å². The molecule has 1 aromatic carbocycles. The molecule has 4 heteroatoms. The molecule has 0 amide bonds. The first-order chi connectivity index (χ1) is 7.85. The van der Waals surface area contributed by atoms with E-state index in [4.69, 9.17) is 5.11 Å². The molecule has 94 valence electrons. The van der Waals surface area contributed by atoms with Gasteiger partial charge >= 0.3 is 0 Å². The Balaban J connectivity index is 0.00000144. The van der Waals surface area contributed by atoms with E-state index in [1.807, 2.05) is 6.20 Å². The third-order valence-electron chi connectivity index (χ3n) is 2.97. The first-order valence-corrected chi connectivity index (χ1v) is 5.74. The zero-order valence-corrected chi connectivity index (χ0v) is 10.8. The molecule has 0 fully saturated rings. The Morgan fingerprint density at radius 2 is 2.18 bits per heavy atom. The standard InChI is InChI=1S/C13H18N2O.ClH/c1-2-12(9-16)15-8-11-5-3-4-10-6-7-14-13(10)11;/h3-7,12,14-16H,2,8-9H2,1H3;1H. The molecule has 0 aliphatic heterocycles. The number of halogens is 1. The van der Waals surface area contributed by atoms with Gasteiger partial charge in [-0.05, 0) is 23.4 Å². The lowest BCUT2D eigenvalue weighted by atomic mass is 10.1. The average molecular weight is 255 g/mol. The van der Waals surface area contributed by atoms with Gasteiger partial charge in [0.1, 0.15) is 0 Å². The zero-order valence-electron chi connectivity index (χ0n) is 9.94. The highest BCUT2D eigenvalue weighted by Crippen LogP contribution is 2.16. The summed E-state index contributed by atoms with van der Waals surface area (Å²) in [7, 11) is 0. The Morgan fingerprint density at radius 1 is 1.35 bits per heavy atom. The number of nitrogens with one attached hydrogen (secondary N) is 2. The largest absolute Gasteiger partial charge is 0.395 e. The van der Waals surface area contributed by atoms with Crippen LogP contribution in [0.25, 0.3) is 10.9 Å². The van der Waals surface area contributed by atoms with Crippen LogP contribution in [-0.4, -0.2) is 22.7 Å². The Kier molecular flexibility index (Phi) is 5.48. The summed E-state index contributed by atoms with van der Waals surface area (Å²) in [5.74, 6) is 0. The van der Waals surface area contributed by atoms with Crippen molar-refractivity contribution in [3.63, 3.8) is 0 Å². The minimum Gasteiger partial charge on any atom is -0.395 e. The molecule has 3 nitrogen and oxygen atoms in total. The Bertz CT molecular complexity index is 451. The normalized spacial score (nSPS) is 12.4. The van der Waals surface area contributed by atoms with Crippen molar-refractivity contribution in [2.24, 2.45) is 0 Å². The molecule has 0 radical (unpaired) electrons. The van der Waals surface area contributed by atoms with E-state index in [9.17, 15) is 0 Å². The van der Waals surface area contributed by atoms with Crippen LogP contribution >= 0.6 is 12.4 Å². The van der Waals surface area contributed by atoms with Crippen molar-refractivity contribution in [2.75, 3.05) is 6.61 Å². The van der Waals surface area contributed by atoms with Gasteiger partial charge in [-0.25, -0.2) is 0 Å². The van der Waals surface area contributed by atoms with Gasteiger partial charge in [-0.1, -0.05) is 25.1 Å². The third kappa shape index (κ3) is 3.22. The number of aromatic amines is 1. The zero-order chi connectivity index (χ0) is 11.4. The van der Waals surface area contributed by atoms with Crippen LogP contribution in [0.5, 0.6) is 0 Å². The van der Waals surface area contributed by atoms with Crippen molar-refractivity contribution in [3.05, 3.63) is 36.0 Å². The number of hydrogen-bond donors (Lipinski definition) is 3. The Labute approximate surface area is 108 Å². The summed E-state index contributed by atoms with van der Waals surface area (Å²) >= 11 is 0. The molecule has 0 aliphatic rings. The SMILES string of the molecule is CCC(CO)NCc1cccc2cc[nH]c12.Cl. The first kappa shape index (κ1) is 14.0. The lowest BCUT2D eigenvalue weighted by Crippen LogP contribution is -2.31. The molecule has 0 saturated heterocycles. The van der Waals surface area contributed by atoms with E-state index in [1.54, 1.807) is 0 Å². The molecule has 1 unspecified atom stereocenters. The van der Waals surface area contributed by atoms with Gasteiger partial charge in [-0.2, -0.15) is 0 Å². The van der Waals surface area contributed by atoms with E-state index in [0.29, 0.717) is 0 Å². The van der Waals surface area contributed by atoms with E-state index >= 15 is 0 Å². The second-order valence-electron chi connectivity index (χ2n) is 4.03. The number of H-pyrrole nitrogens is 1. The molecule has 0 saturated carbocycles. The van der Waals surface area contributed by atoms with E-state index in [2.05, 4.69) is 41.5 Å². The van der Waals surface area contributed by atoms with Gasteiger partial charge in [0.05, 0.1) is 6.61 Å². The number of para-hydroxylation sites is 1. The second kappa shape index (κ2) is 6.64. The quantitative estimate of drug-likeness (QED) is 0.768. The molecule has 0 aliphatic carbocycles. The maximum Gasteiger partial charge on any atom is 0.0584 e. The second-order valence-corrected chi connectivity index (χ2v) is 4.03. The predicted octanol–water partition coefficient (Wildman–Crippen LogP) is 2.45. The highest BCUT2D eigenvalue weighted by Gasteiger charge is 2.05. The average Bonchev–Trinajstić information content (AvgIpc) is 2.79. The number of aliphatic hydroxyl groups is 1. The van der Waals surface area contributed by atoms with Crippen LogP contribution in [0.3, 0.4) is 0 Å². The number of rotatable bonds is 5. The lowest BCUT2D eigenvalue weighted by molar-refractivity contribution is 0.238. The van der Waals surface area contributed by atoms with Gasteiger partial charge in [0.25, 0.3) is 0 Å². The van der Waals surface area contributed by atoms with Crippen molar-refractivity contribution in [1.82, 2.24) is 10.3 Å². The van der Waals surface area contributed by atoms with Gasteiger partial charge in [-0.3, -0.25) is 0 Å². The first-order valence-electron chi connectivity index (χ1n) is 5.74. The highest BCUT2D eigenvalue weighted by molar-refractivity contribution is 5.85. The number of aliphatic hydroxyl groups excluding tert-OH is 1. The van der Waals surface area contributed by atoms with E-state index < -0.39 is 0 Å². The molecule has 0 bridgehead atoms. The van der Waals surface area contributed by atoms with E-state index in [0.717, 1.165) is 13.0 Å². The number of aromatic nitrogens is 1. The number of fused-ring (bicyclic) bond motifs is 1. The summed E-state index contributed by atoms with van der Waals surface area (Å²) in [5.41, 5.74) is 2.43. The van der Waals surface area contributed by atoms with Crippen molar-refractivity contribution in [1.29, 1.82) is 0 Å². The molecule has 2 aromatic rings. The van der Waals surface area contributed by atoms with E-state index in [1.165, 1.54) is 16.5 Å². The minimum atomic E-state index is 0. The lowest BCUT2D eigenvalue weighted by Gasteiger charge is -2.14. The van der Waals surface area contributed by atoms with Crippen molar-refractivity contribution >= 4 is 23.3 Å². The molecule has 1 atom stereocenters. The van der Waals surface area contributed by atoms with Gasteiger partial charge in [0.15, 0.2) is 0 Å². The summed E-state index contributed by atoms with van der Waals surface area (Å²) < 4.78 is 0. The highest BCUT2D eigenvalue weighted by atomic mass is 35.5. The smallest absolute Gasteiger partial charge is 0.0584 e. The van der Waals surface area contributed by atoms with Crippen LogP contribution in [0.4, 0.5) is 0 Å². The van der Waals surface area contributed by atoms with Crippen LogP contribution in [0.2, 0.25) is 0 Å². The topological polar surface area (TPSA) is 48.0 Å². The minimum absolute atomic E-state index is 0. The molecule has 1 aromatic heterocycles. The fourth-order valence-electron chi connectivity index (χ4n) is 1.89. The van der Waals surface area contributed by atoms with Crippen molar-refractivity contribution in [2.45, 2.75) is 25.9 Å². The van der Waals surface area contributed by atoms with Crippen molar-refractivity contribution < 1.29 is 5.11 Å². The molecule has 3 N–H and O–H groups in total. The Morgan fingerprint density at radius 3 is 2.88 bits per heavy atom. The fraction of sp³-hybridized carbons (Fsp3) is 0.385.